The first-order chi connectivity index (χ1) is 14.1. The highest BCUT2D eigenvalue weighted by atomic mass is 16.2. The third-order valence-corrected chi connectivity index (χ3v) is 5.20. The smallest absolute Gasteiger partial charge is 0.231 e. The molecule has 1 aromatic carbocycles. The van der Waals surface area contributed by atoms with E-state index in [1.165, 1.54) is 0 Å². The molecule has 0 saturated heterocycles. The average Bonchev–Trinajstić information content (AvgIpc) is 3.37. The third-order valence-electron chi connectivity index (χ3n) is 5.20. The van der Waals surface area contributed by atoms with Crippen molar-refractivity contribution >= 4 is 17.6 Å². The van der Waals surface area contributed by atoms with Crippen LogP contribution in [0.25, 0.3) is 11.3 Å². The van der Waals surface area contributed by atoms with Crippen LogP contribution < -0.4 is 10.6 Å². The van der Waals surface area contributed by atoms with Crippen LogP contribution in [0, 0.1) is 18.3 Å². The number of nitrogens with one attached hydrogen (secondary N) is 2. The largest absolute Gasteiger partial charge is 0.356 e. The molecule has 2 aliphatic heterocycles. The lowest BCUT2D eigenvalue weighted by Crippen LogP contribution is -2.38. The molecule has 0 aliphatic carbocycles. The zero-order chi connectivity index (χ0) is 20.3. The maximum absolute atomic E-state index is 12.4. The highest BCUT2D eigenvalue weighted by Crippen LogP contribution is 2.36. The fraction of sp³-hybridized carbons (Fsp3) is 0.381. The number of hydrogen-bond acceptors (Lipinski definition) is 5. The van der Waals surface area contributed by atoms with Gasteiger partial charge >= 0.3 is 0 Å². The van der Waals surface area contributed by atoms with Crippen LogP contribution in [-0.4, -0.2) is 33.8 Å². The molecular weight excluding hydrogens is 368 g/mol. The first kappa shape index (κ1) is 18.9. The molecule has 2 aliphatic rings. The fourth-order valence-corrected chi connectivity index (χ4v) is 3.45. The van der Waals surface area contributed by atoms with Gasteiger partial charge in [-0.05, 0) is 0 Å². The van der Waals surface area contributed by atoms with Crippen LogP contribution in [0.4, 0.5) is 5.82 Å². The molecule has 1 unspecified atom stereocenters. The van der Waals surface area contributed by atoms with Gasteiger partial charge in [-0.25, -0.2) is 4.68 Å². The van der Waals surface area contributed by atoms with Gasteiger partial charge < -0.3 is 10.6 Å². The van der Waals surface area contributed by atoms with E-state index in [4.69, 9.17) is 6.42 Å². The van der Waals surface area contributed by atoms with E-state index in [1.54, 1.807) is 4.68 Å². The first-order valence-corrected chi connectivity index (χ1v) is 9.67. The molecule has 4 rings (SSSR count). The summed E-state index contributed by atoms with van der Waals surface area (Å²) in [5.74, 6) is 2.44. The van der Waals surface area contributed by atoms with Crippen molar-refractivity contribution in [3.05, 3.63) is 36.4 Å². The normalized spacial score (nSPS) is 18.4. The van der Waals surface area contributed by atoms with E-state index in [2.05, 4.69) is 31.9 Å². The summed E-state index contributed by atoms with van der Waals surface area (Å²) in [6.07, 6.45) is 7.33. The fourth-order valence-electron chi connectivity index (χ4n) is 3.45. The molecule has 0 bridgehead atoms. The molecule has 8 nitrogen and oxygen atoms in total. The van der Waals surface area contributed by atoms with Gasteiger partial charge in [-0.2, -0.15) is 15.3 Å². The van der Waals surface area contributed by atoms with Gasteiger partial charge in [0.05, 0.1) is 18.2 Å². The van der Waals surface area contributed by atoms with Gasteiger partial charge in [0.15, 0.2) is 5.66 Å². The van der Waals surface area contributed by atoms with Gasteiger partial charge in [-0.15, -0.1) is 12.3 Å². The topological polar surface area (TPSA) is 101 Å². The Bertz CT molecular complexity index is 982. The van der Waals surface area contributed by atoms with Crippen LogP contribution >= 0.6 is 0 Å². The second-order valence-electron chi connectivity index (χ2n) is 7.34. The van der Waals surface area contributed by atoms with Crippen molar-refractivity contribution in [2.75, 3.05) is 11.9 Å². The van der Waals surface area contributed by atoms with Crippen LogP contribution in [0.15, 0.2) is 46.6 Å². The van der Waals surface area contributed by atoms with Gasteiger partial charge in [-0.3, -0.25) is 9.59 Å². The Morgan fingerprint density at radius 1 is 1.31 bits per heavy atom. The highest BCUT2D eigenvalue weighted by molar-refractivity contribution is 5.96. The number of nitrogens with zero attached hydrogens (tertiary/aromatic N) is 4. The Kier molecular flexibility index (Phi) is 5.12. The Morgan fingerprint density at radius 2 is 2.10 bits per heavy atom. The third kappa shape index (κ3) is 4.35. The standard InChI is InChI=1S/C21H22N6O2/c1-2-3-9-21(25-26-21)10-11-22-19(28)12-16-14-27-18(23-20(16)29)13-17(24-27)15-7-5-4-6-8-15/h1,4-8,13,16H,3,9-12,14H2,(H,22,28)(H,23,29). The van der Waals surface area contributed by atoms with Gasteiger partial charge in [0.1, 0.15) is 5.82 Å². The zero-order valence-corrected chi connectivity index (χ0v) is 16.0. The lowest BCUT2D eigenvalue weighted by atomic mass is 10.0. The average molecular weight is 390 g/mol. The van der Waals surface area contributed by atoms with Crippen molar-refractivity contribution in [2.45, 2.75) is 37.9 Å². The van der Waals surface area contributed by atoms with Gasteiger partial charge in [0.2, 0.25) is 11.8 Å². The molecule has 148 valence electrons. The Morgan fingerprint density at radius 3 is 2.83 bits per heavy atom. The number of carbonyl (C=O) groups excluding carboxylic acids is 2. The summed E-state index contributed by atoms with van der Waals surface area (Å²) in [6, 6.07) is 11.6. The number of carbonyl (C=O) groups is 2. The van der Waals surface area contributed by atoms with Gasteiger partial charge in [0, 0.05) is 43.9 Å². The predicted octanol–water partition coefficient (Wildman–Crippen LogP) is 2.59. The Balaban J connectivity index is 1.30. The van der Waals surface area contributed by atoms with Crippen LogP contribution in [0.3, 0.4) is 0 Å². The molecule has 2 aromatic rings. The summed E-state index contributed by atoms with van der Waals surface area (Å²) in [5, 5.41) is 18.4. The summed E-state index contributed by atoms with van der Waals surface area (Å²) in [7, 11) is 0. The first-order valence-electron chi connectivity index (χ1n) is 9.67. The molecule has 3 heterocycles. The van der Waals surface area contributed by atoms with Crippen molar-refractivity contribution in [3.8, 4) is 23.6 Å². The van der Waals surface area contributed by atoms with Crippen molar-refractivity contribution in [1.82, 2.24) is 15.1 Å². The molecule has 1 atom stereocenters. The maximum Gasteiger partial charge on any atom is 0.231 e. The highest BCUT2D eigenvalue weighted by Gasteiger charge is 2.38. The van der Waals surface area contributed by atoms with E-state index in [-0.39, 0.29) is 18.2 Å². The van der Waals surface area contributed by atoms with Crippen LogP contribution in [0.1, 0.15) is 25.7 Å². The quantitative estimate of drug-likeness (QED) is 0.678. The van der Waals surface area contributed by atoms with Crippen LogP contribution in [0.5, 0.6) is 0 Å². The summed E-state index contributed by atoms with van der Waals surface area (Å²) in [4.78, 5) is 24.7. The number of terminal acetylenes is 1. The van der Waals surface area contributed by atoms with Crippen molar-refractivity contribution < 1.29 is 9.59 Å². The Hall–Kier alpha value is -3.47. The molecule has 1 aromatic heterocycles. The molecular formula is C21H22N6O2. The summed E-state index contributed by atoms with van der Waals surface area (Å²) in [6.45, 7) is 0.827. The summed E-state index contributed by atoms with van der Waals surface area (Å²) in [5.41, 5.74) is 1.35. The van der Waals surface area contributed by atoms with Crippen LogP contribution in [0.2, 0.25) is 0 Å². The van der Waals surface area contributed by atoms with E-state index >= 15 is 0 Å². The number of amides is 2. The van der Waals surface area contributed by atoms with Gasteiger partial charge in [0.25, 0.3) is 0 Å². The number of anilines is 1. The Labute approximate surface area is 168 Å². The van der Waals surface area contributed by atoms with Crippen molar-refractivity contribution in [1.29, 1.82) is 0 Å². The monoisotopic (exact) mass is 390 g/mol. The zero-order valence-electron chi connectivity index (χ0n) is 16.0. The number of aromatic nitrogens is 2. The molecule has 29 heavy (non-hydrogen) atoms. The summed E-state index contributed by atoms with van der Waals surface area (Å²) < 4.78 is 1.75. The van der Waals surface area contributed by atoms with E-state index in [0.717, 1.165) is 11.3 Å². The SMILES string of the molecule is C#CCCC1(CCNC(=O)CC2Cn3nc(-c4ccccc4)cc3NC2=O)N=N1. The van der Waals surface area contributed by atoms with E-state index in [1.807, 2.05) is 36.4 Å². The second-order valence-corrected chi connectivity index (χ2v) is 7.34. The van der Waals surface area contributed by atoms with Crippen molar-refractivity contribution in [3.63, 3.8) is 0 Å². The van der Waals surface area contributed by atoms with E-state index in [0.29, 0.717) is 38.2 Å². The molecule has 0 radical (unpaired) electrons. The number of rotatable bonds is 8. The lowest BCUT2D eigenvalue weighted by molar-refractivity contribution is -0.128. The number of hydrogen-bond donors (Lipinski definition) is 2. The summed E-state index contributed by atoms with van der Waals surface area (Å²) >= 11 is 0. The maximum atomic E-state index is 12.4. The van der Waals surface area contributed by atoms with E-state index < -0.39 is 11.6 Å². The number of benzene rings is 1. The van der Waals surface area contributed by atoms with Gasteiger partial charge in [-0.1, -0.05) is 30.3 Å². The minimum absolute atomic E-state index is 0.109. The van der Waals surface area contributed by atoms with Crippen LogP contribution in [-0.2, 0) is 16.1 Å². The molecule has 0 fully saturated rings. The molecule has 2 N–H and O–H groups in total. The molecule has 8 heteroatoms. The van der Waals surface area contributed by atoms with E-state index in [9.17, 15) is 9.59 Å². The molecule has 0 spiro atoms. The molecule has 0 saturated carbocycles. The van der Waals surface area contributed by atoms with Crippen molar-refractivity contribution in [2.24, 2.45) is 16.1 Å². The lowest BCUT2D eigenvalue weighted by Gasteiger charge is -2.22. The minimum Gasteiger partial charge on any atom is -0.356 e. The minimum atomic E-state index is -0.461. The number of fused-ring (bicyclic) bond motifs is 1. The predicted molar refractivity (Wildman–Crippen MR) is 108 cm³/mol. The second kappa shape index (κ2) is 7.87. The molecule has 2 amide bonds.